The summed E-state index contributed by atoms with van der Waals surface area (Å²) in [5.74, 6) is 0.823. The first-order valence-electron chi connectivity index (χ1n) is 32.3. The molecular formula is C88H68N2. The molecule has 2 heteroatoms. The maximum Gasteiger partial charge on any atom is 0.0540 e. The molecule has 0 unspecified atom stereocenters. The van der Waals surface area contributed by atoms with Crippen LogP contribution in [0, 0.1) is 10.8 Å². The molecule has 18 rings (SSSR count). The van der Waals surface area contributed by atoms with Crippen LogP contribution in [0.4, 0.5) is 22.7 Å². The van der Waals surface area contributed by atoms with Gasteiger partial charge in [-0.15, -0.1) is 0 Å². The van der Waals surface area contributed by atoms with Gasteiger partial charge >= 0.3 is 0 Å². The highest BCUT2D eigenvalue weighted by molar-refractivity contribution is 6.29. The van der Waals surface area contributed by atoms with Crippen molar-refractivity contribution < 1.29 is 0 Å². The number of nitrogens with zero attached hydrogens (tertiary/aromatic N) is 2. The Morgan fingerprint density at radius 2 is 0.611 bits per heavy atom. The minimum absolute atomic E-state index is 0.305. The van der Waals surface area contributed by atoms with Gasteiger partial charge in [-0.25, -0.2) is 0 Å². The van der Waals surface area contributed by atoms with Gasteiger partial charge in [0.2, 0.25) is 0 Å². The summed E-state index contributed by atoms with van der Waals surface area (Å²) in [6.45, 7) is 18.8. The highest BCUT2D eigenvalue weighted by Gasteiger charge is 2.36. The second-order valence-electron chi connectivity index (χ2n) is 27.7. The molecule has 0 aliphatic heterocycles. The number of fused-ring (bicyclic) bond motifs is 16. The fourth-order valence-corrected chi connectivity index (χ4v) is 16.6. The van der Waals surface area contributed by atoms with Crippen molar-refractivity contribution in [2.24, 2.45) is 10.8 Å². The van der Waals surface area contributed by atoms with Crippen molar-refractivity contribution in [3.8, 4) is 0 Å². The monoisotopic (exact) mass is 1150 g/mol. The molecule has 0 saturated heterocycles. The van der Waals surface area contributed by atoms with Crippen molar-refractivity contribution in [1.29, 1.82) is 0 Å². The van der Waals surface area contributed by atoms with Crippen molar-refractivity contribution in [2.45, 2.75) is 67.2 Å². The summed E-state index contributed by atoms with van der Waals surface area (Å²) in [7, 11) is 0. The summed E-state index contributed by atoms with van der Waals surface area (Å²) in [5, 5.41) is 28.4. The standard InChI is InChI=1S/C88H68N2/c1-51(2)53-25-33-61(34-26-53)89(63-43-59-41-57-45-77-69-21-13-9-17-65(69)67-19-11-15-23-71(67)79(77)47-75(57)85(59)87(5,6)49-63)81-39-31-55-30-38-74-82(40-32-56-29-37-73(81)83(55)84(56)74)90(62-35-27-54(28-36-62)52(3)4)64-44-60-42-58-46-78-70-22-14-10-18-66(70)68-20-12-16-24-72(68)80(78)48-76(58)86(60)88(7,8)50-64/h9-52H,1-8H3. The van der Waals surface area contributed by atoms with E-state index in [0.29, 0.717) is 11.8 Å². The zero-order valence-electron chi connectivity index (χ0n) is 52.3. The lowest BCUT2D eigenvalue weighted by molar-refractivity contribution is 0.637. The number of hydrogen-bond acceptors (Lipinski definition) is 2. The summed E-state index contributed by atoms with van der Waals surface area (Å²) in [4.78, 5) is 5.11. The molecule has 0 saturated carbocycles. The Labute approximate surface area is 525 Å². The van der Waals surface area contributed by atoms with Gasteiger partial charge in [0.05, 0.1) is 11.4 Å². The number of anilines is 4. The van der Waals surface area contributed by atoms with E-state index in [1.807, 2.05) is 0 Å². The number of benzene rings is 14. The molecule has 90 heavy (non-hydrogen) atoms. The Morgan fingerprint density at radius 3 is 0.944 bits per heavy atom. The third kappa shape index (κ3) is 7.70. The minimum atomic E-state index is -0.305. The number of allylic oxidation sites excluding steroid dienone is 6. The lowest BCUT2D eigenvalue weighted by Gasteiger charge is -2.36. The highest BCUT2D eigenvalue weighted by Crippen LogP contribution is 2.51. The molecule has 0 N–H and O–H groups in total. The van der Waals surface area contributed by atoms with E-state index in [-0.39, 0.29) is 10.8 Å². The smallest absolute Gasteiger partial charge is 0.0540 e. The largest absolute Gasteiger partial charge is 0.310 e. The molecule has 430 valence electrons. The summed E-state index contributed by atoms with van der Waals surface area (Å²) in [5.41, 5.74) is 14.3. The van der Waals surface area contributed by atoms with Crippen molar-refractivity contribution in [3.63, 3.8) is 0 Å². The quantitative estimate of drug-likeness (QED) is 0.140. The van der Waals surface area contributed by atoms with Crippen LogP contribution in [0.3, 0.4) is 0 Å². The van der Waals surface area contributed by atoms with Crippen molar-refractivity contribution >= 4 is 143 Å². The predicted molar refractivity (Wildman–Crippen MR) is 388 cm³/mol. The van der Waals surface area contributed by atoms with Gasteiger partial charge in [-0.3, -0.25) is 0 Å². The van der Waals surface area contributed by atoms with E-state index < -0.39 is 0 Å². The molecule has 4 aliphatic carbocycles. The van der Waals surface area contributed by atoms with Gasteiger partial charge < -0.3 is 9.80 Å². The van der Waals surface area contributed by atoms with Crippen LogP contribution in [-0.4, -0.2) is 0 Å². The SMILES string of the molecule is CC(C)c1ccc(N(C2=CC(C)(C)C3=c4cc5c6ccccc6c6ccccc6c5cc4=CC3=C2)c2ccc3ccc4c(N(C5=CC(C)(C)C6=c7cc8c9ccccc9c9ccccc9c8cc7=CC6=C5)c5ccc(C(C)C)cc5)ccc5ccc2c3c54)cc1. The zero-order valence-corrected chi connectivity index (χ0v) is 52.3. The molecule has 4 aliphatic rings. The maximum absolute atomic E-state index is 2.55. The summed E-state index contributed by atoms with van der Waals surface area (Å²) in [6, 6.07) is 83.5. The van der Waals surface area contributed by atoms with Crippen LogP contribution in [0.5, 0.6) is 0 Å². The normalized spacial score (nSPS) is 15.7. The van der Waals surface area contributed by atoms with Gasteiger partial charge in [0.15, 0.2) is 0 Å². The van der Waals surface area contributed by atoms with Gasteiger partial charge in [-0.05, 0) is 237 Å². The topological polar surface area (TPSA) is 6.48 Å². The third-order valence-corrected chi connectivity index (χ3v) is 20.7. The second-order valence-corrected chi connectivity index (χ2v) is 27.7. The molecule has 14 aromatic carbocycles. The molecule has 2 nitrogen and oxygen atoms in total. The molecule has 0 spiro atoms. The molecule has 0 amide bonds. The Morgan fingerprint density at radius 1 is 0.300 bits per heavy atom. The van der Waals surface area contributed by atoms with Crippen LogP contribution >= 0.6 is 0 Å². The number of rotatable bonds is 8. The lowest BCUT2D eigenvalue weighted by atomic mass is 9.76. The Kier molecular flexibility index (Phi) is 11.2. The predicted octanol–water partition coefficient (Wildman–Crippen LogP) is 21.0. The molecule has 0 aromatic heterocycles. The van der Waals surface area contributed by atoms with E-state index in [1.165, 1.54) is 163 Å². The highest BCUT2D eigenvalue weighted by atomic mass is 15.2. The van der Waals surface area contributed by atoms with Crippen molar-refractivity contribution in [1.82, 2.24) is 0 Å². The summed E-state index contributed by atoms with van der Waals surface area (Å²) in [6.07, 6.45) is 14.9. The molecular weight excluding hydrogens is 1080 g/mol. The zero-order chi connectivity index (χ0) is 60.6. The van der Waals surface area contributed by atoms with E-state index in [4.69, 9.17) is 0 Å². The van der Waals surface area contributed by atoms with Gasteiger partial charge in [-0.2, -0.15) is 0 Å². The molecule has 0 heterocycles. The fraction of sp³-hybridized carbons (Fsp3) is 0.136. The Hall–Kier alpha value is -10.3. The molecule has 0 atom stereocenters. The van der Waals surface area contributed by atoms with Gasteiger partial charge in [0.1, 0.15) is 0 Å². The Bertz CT molecular complexity index is 5570. The first-order valence-corrected chi connectivity index (χ1v) is 32.3. The first kappa shape index (κ1) is 52.8. The average Bonchev–Trinajstić information content (AvgIpc) is 1.25. The maximum atomic E-state index is 2.55. The summed E-state index contributed by atoms with van der Waals surface area (Å²) >= 11 is 0. The minimum Gasteiger partial charge on any atom is -0.310 e. The van der Waals surface area contributed by atoms with Crippen LogP contribution in [0.2, 0.25) is 0 Å². The van der Waals surface area contributed by atoms with Crippen molar-refractivity contribution in [2.75, 3.05) is 9.80 Å². The Balaban J connectivity index is 0.821. The average molecular weight is 1150 g/mol. The van der Waals surface area contributed by atoms with Crippen LogP contribution < -0.4 is 30.7 Å². The summed E-state index contributed by atoms with van der Waals surface area (Å²) < 4.78 is 0. The molecule has 0 fully saturated rings. The molecule has 14 aromatic rings. The number of hydrogen-bond donors (Lipinski definition) is 0. The van der Waals surface area contributed by atoms with Gasteiger partial charge in [0.25, 0.3) is 0 Å². The first-order chi connectivity index (χ1) is 43.7. The van der Waals surface area contributed by atoms with E-state index >= 15 is 0 Å². The van der Waals surface area contributed by atoms with Crippen LogP contribution in [0.25, 0.3) is 120 Å². The molecule has 0 bridgehead atoms. The van der Waals surface area contributed by atoms with Gasteiger partial charge in [-0.1, -0.05) is 225 Å². The lowest BCUT2D eigenvalue weighted by Crippen LogP contribution is -2.29. The third-order valence-electron chi connectivity index (χ3n) is 20.7. The van der Waals surface area contributed by atoms with Crippen LogP contribution in [0.1, 0.15) is 78.4 Å². The van der Waals surface area contributed by atoms with E-state index in [2.05, 4.69) is 320 Å². The molecule has 0 radical (unpaired) electrons. The van der Waals surface area contributed by atoms with E-state index in [9.17, 15) is 0 Å². The van der Waals surface area contributed by atoms with Crippen LogP contribution in [-0.2, 0) is 0 Å². The van der Waals surface area contributed by atoms with E-state index in [1.54, 1.807) is 0 Å². The van der Waals surface area contributed by atoms with Crippen molar-refractivity contribution in [3.05, 3.63) is 297 Å². The fourth-order valence-electron chi connectivity index (χ4n) is 16.6. The second kappa shape index (κ2) is 19.1. The van der Waals surface area contributed by atoms with Crippen LogP contribution in [0.15, 0.2) is 265 Å². The van der Waals surface area contributed by atoms with Gasteiger partial charge in [0, 0.05) is 44.4 Å². The van der Waals surface area contributed by atoms with E-state index in [0.717, 1.165) is 22.7 Å².